The van der Waals surface area contributed by atoms with Crippen LogP contribution in [0.2, 0.25) is 0 Å². The predicted molar refractivity (Wildman–Crippen MR) is 101 cm³/mol. The van der Waals surface area contributed by atoms with Gasteiger partial charge in [-0.3, -0.25) is 4.79 Å². The van der Waals surface area contributed by atoms with Crippen molar-refractivity contribution in [2.75, 3.05) is 34.0 Å². The number of rotatable bonds is 7. The lowest BCUT2D eigenvalue weighted by Crippen LogP contribution is -2.18. The lowest BCUT2D eigenvalue weighted by Gasteiger charge is -2.09. The number of nitrogens with zero attached hydrogens (tertiary/aromatic N) is 2. The van der Waals surface area contributed by atoms with E-state index in [1.165, 1.54) is 32.4 Å². The van der Waals surface area contributed by atoms with E-state index in [0.717, 1.165) is 0 Å². The van der Waals surface area contributed by atoms with Crippen LogP contribution in [0, 0.1) is 6.57 Å². The lowest BCUT2D eigenvalue weighted by atomic mass is 10.2. The van der Waals surface area contributed by atoms with Gasteiger partial charge in [0.25, 0.3) is 0 Å². The molecule has 11 heteroatoms. The maximum atomic E-state index is 12.7. The monoisotopic (exact) mass is 422 g/mol. The molecule has 1 heterocycles. The lowest BCUT2D eigenvalue weighted by molar-refractivity contribution is -0.140. The first kappa shape index (κ1) is 21.9. The van der Waals surface area contributed by atoms with Crippen LogP contribution in [-0.2, 0) is 28.9 Å². The molecule has 0 unspecified atom stereocenters. The minimum absolute atomic E-state index is 0.0109. The molecule has 1 aliphatic heterocycles. The van der Waals surface area contributed by atoms with Crippen LogP contribution in [0.5, 0.6) is 11.5 Å². The van der Waals surface area contributed by atoms with E-state index in [1.807, 2.05) is 0 Å². The van der Waals surface area contributed by atoms with Gasteiger partial charge in [-0.25, -0.2) is 13.2 Å². The number of fused-ring (bicyclic) bond motifs is 1. The standard InChI is InChI=1S/C18H18N2O8S/c1-5-27-18(22)17(19-2)20-9-16(21)28-10-12-6-11-7-13(25-3)14(26-4)8-15(11)29(12,23)24/h6-8H,5,9-10H2,1,3-4H3. The SMILES string of the molecule is [C-]#[N+]C(=NCC(=O)OCC1=Cc2cc(OC)c(OC)cc2S1(=O)=O)C(=O)OCC. The number of amidine groups is 1. The summed E-state index contributed by atoms with van der Waals surface area (Å²) in [4.78, 5) is 29.6. The van der Waals surface area contributed by atoms with Crippen LogP contribution in [0.15, 0.2) is 26.9 Å². The van der Waals surface area contributed by atoms with Crippen molar-refractivity contribution in [3.63, 3.8) is 0 Å². The molecule has 0 saturated heterocycles. The average Bonchev–Trinajstić information content (AvgIpc) is 2.95. The molecule has 0 N–H and O–H groups in total. The van der Waals surface area contributed by atoms with E-state index in [1.54, 1.807) is 6.92 Å². The van der Waals surface area contributed by atoms with Gasteiger partial charge in [0.1, 0.15) is 6.61 Å². The minimum Gasteiger partial charge on any atom is -0.493 e. The second-order valence-corrected chi connectivity index (χ2v) is 7.46. The highest BCUT2D eigenvalue weighted by atomic mass is 32.2. The zero-order chi connectivity index (χ0) is 21.6. The first-order chi connectivity index (χ1) is 13.8. The zero-order valence-electron chi connectivity index (χ0n) is 15.9. The van der Waals surface area contributed by atoms with Crippen molar-refractivity contribution in [2.45, 2.75) is 11.8 Å². The minimum atomic E-state index is -3.87. The maximum Gasteiger partial charge on any atom is 0.356 e. The molecule has 0 aromatic heterocycles. The molecule has 1 aliphatic rings. The van der Waals surface area contributed by atoms with Gasteiger partial charge in [-0.1, -0.05) is 6.57 Å². The first-order valence-electron chi connectivity index (χ1n) is 8.24. The number of benzene rings is 1. The van der Waals surface area contributed by atoms with Crippen LogP contribution in [0.3, 0.4) is 0 Å². The van der Waals surface area contributed by atoms with Gasteiger partial charge in [-0.2, -0.15) is 0 Å². The Bertz CT molecular complexity index is 1030. The van der Waals surface area contributed by atoms with Crippen LogP contribution in [0.1, 0.15) is 12.5 Å². The molecule has 0 aliphatic carbocycles. The van der Waals surface area contributed by atoms with Gasteiger partial charge < -0.3 is 23.8 Å². The Morgan fingerprint density at radius 1 is 1.14 bits per heavy atom. The van der Waals surface area contributed by atoms with E-state index in [9.17, 15) is 18.0 Å². The molecule has 154 valence electrons. The van der Waals surface area contributed by atoms with Crippen molar-refractivity contribution in [1.29, 1.82) is 0 Å². The molecule has 29 heavy (non-hydrogen) atoms. The molecule has 0 bridgehead atoms. The Hall–Kier alpha value is -3.39. The number of carbonyl (C=O) groups excluding carboxylic acids is 2. The fourth-order valence-corrected chi connectivity index (χ4v) is 3.88. The van der Waals surface area contributed by atoms with Crippen molar-refractivity contribution in [3.8, 4) is 11.5 Å². The highest BCUT2D eigenvalue weighted by molar-refractivity contribution is 7.95. The van der Waals surface area contributed by atoms with Gasteiger partial charge in [-0.05, 0) is 24.6 Å². The number of methoxy groups -OCH3 is 2. The zero-order valence-corrected chi connectivity index (χ0v) is 16.7. The van der Waals surface area contributed by atoms with Crippen LogP contribution >= 0.6 is 0 Å². The molecule has 0 fully saturated rings. The average molecular weight is 422 g/mol. The summed E-state index contributed by atoms with van der Waals surface area (Å²) in [6.07, 6.45) is 1.37. The molecular formula is C18H18N2O8S. The molecular weight excluding hydrogens is 404 g/mol. The van der Waals surface area contributed by atoms with E-state index < -0.39 is 40.8 Å². The summed E-state index contributed by atoms with van der Waals surface area (Å²) in [5.74, 6) is -1.84. The normalized spacial score (nSPS) is 14.3. The van der Waals surface area contributed by atoms with Crippen molar-refractivity contribution in [1.82, 2.24) is 0 Å². The van der Waals surface area contributed by atoms with E-state index >= 15 is 0 Å². The molecule has 10 nitrogen and oxygen atoms in total. The third kappa shape index (κ3) is 4.72. The van der Waals surface area contributed by atoms with Crippen LogP contribution < -0.4 is 9.47 Å². The highest BCUT2D eigenvalue weighted by Gasteiger charge is 2.32. The van der Waals surface area contributed by atoms with E-state index in [0.29, 0.717) is 11.3 Å². The molecule has 0 saturated carbocycles. The van der Waals surface area contributed by atoms with E-state index in [-0.39, 0.29) is 22.2 Å². The van der Waals surface area contributed by atoms with Gasteiger partial charge in [0.15, 0.2) is 11.5 Å². The number of sulfone groups is 1. The predicted octanol–water partition coefficient (Wildman–Crippen LogP) is 1.26. The summed E-state index contributed by atoms with van der Waals surface area (Å²) in [5.41, 5.74) is 0.379. The summed E-state index contributed by atoms with van der Waals surface area (Å²) in [6, 6.07) is 2.84. The fraction of sp³-hybridized carbons (Fsp3) is 0.333. The second-order valence-electron chi connectivity index (χ2n) is 5.49. The third-order valence-electron chi connectivity index (χ3n) is 3.76. The van der Waals surface area contributed by atoms with Crippen LogP contribution in [0.25, 0.3) is 10.9 Å². The highest BCUT2D eigenvalue weighted by Crippen LogP contribution is 2.40. The molecule has 0 spiro atoms. The summed E-state index contributed by atoms with van der Waals surface area (Å²) in [5, 5.41) is 0. The van der Waals surface area contributed by atoms with Crippen molar-refractivity contribution >= 4 is 33.7 Å². The van der Waals surface area contributed by atoms with Gasteiger partial charge in [0.2, 0.25) is 16.4 Å². The molecule has 0 atom stereocenters. The molecule has 0 amide bonds. The van der Waals surface area contributed by atoms with Gasteiger partial charge >= 0.3 is 17.8 Å². The fourth-order valence-electron chi connectivity index (χ4n) is 2.41. The topological polar surface area (TPSA) is 122 Å². The Labute approximate surface area is 167 Å². The summed E-state index contributed by atoms with van der Waals surface area (Å²) in [6.45, 7) is 7.34. The Morgan fingerprint density at radius 3 is 2.38 bits per heavy atom. The smallest absolute Gasteiger partial charge is 0.356 e. The van der Waals surface area contributed by atoms with Gasteiger partial charge in [0, 0.05) is 6.07 Å². The summed E-state index contributed by atoms with van der Waals surface area (Å²) >= 11 is 0. The van der Waals surface area contributed by atoms with Crippen LogP contribution in [0.4, 0.5) is 0 Å². The Balaban J connectivity index is 2.10. The number of aliphatic imine (C=N–C) groups is 1. The number of hydrogen-bond donors (Lipinski definition) is 0. The molecule has 1 aromatic rings. The van der Waals surface area contributed by atoms with E-state index in [4.69, 9.17) is 20.8 Å². The number of carbonyl (C=O) groups is 2. The maximum absolute atomic E-state index is 12.7. The van der Waals surface area contributed by atoms with E-state index in [2.05, 4.69) is 14.6 Å². The summed E-state index contributed by atoms with van der Waals surface area (Å²) < 4.78 is 45.1. The quantitative estimate of drug-likeness (QED) is 0.279. The van der Waals surface area contributed by atoms with Crippen LogP contribution in [-0.4, -0.2) is 60.2 Å². The molecule has 1 aromatic carbocycles. The molecule has 2 rings (SSSR count). The first-order valence-corrected chi connectivity index (χ1v) is 9.73. The summed E-state index contributed by atoms with van der Waals surface area (Å²) in [7, 11) is -1.06. The van der Waals surface area contributed by atoms with Gasteiger partial charge in [0.05, 0.1) is 30.6 Å². The van der Waals surface area contributed by atoms with Crippen molar-refractivity contribution in [3.05, 3.63) is 34.0 Å². The Kier molecular flexibility index (Phi) is 6.95. The largest absolute Gasteiger partial charge is 0.493 e. The number of hydrogen-bond acceptors (Lipinski definition) is 9. The van der Waals surface area contributed by atoms with Gasteiger partial charge in [-0.15, -0.1) is 4.99 Å². The third-order valence-corrected chi connectivity index (χ3v) is 5.62. The van der Waals surface area contributed by atoms with Crippen molar-refractivity contribution in [2.24, 2.45) is 4.99 Å². The number of ether oxygens (including phenoxy) is 4. The second kappa shape index (κ2) is 9.20. The molecule has 0 radical (unpaired) electrons. The van der Waals surface area contributed by atoms with Crippen molar-refractivity contribution < 1.29 is 37.0 Å². The Morgan fingerprint density at radius 2 is 1.79 bits per heavy atom. The number of esters is 2.